The number of nitrogens with zero attached hydrogens (tertiary/aromatic N) is 3. The van der Waals surface area contributed by atoms with E-state index in [0.717, 1.165) is 15.9 Å². The quantitative estimate of drug-likeness (QED) is 0.725. The summed E-state index contributed by atoms with van der Waals surface area (Å²) in [5, 5.41) is 7.65. The number of hydrogen-bond acceptors (Lipinski definition) is 5. The molecule has 2 aromatic heterocycles. The van der Waals surface area contributed by atoms with Crippen LogP contribution < -0.4 is 11.1 Å². The van der Waals surface area contributed by atoms with Crippen molar-refractivity contribution in [2.75, 3.05) is 11.1 Å². The molecule has 3 rings (SSSR count). The molecule has 0 unspecified atom stereocenters. The molecule has 1 aromatic carbocycles. The molecule has 7 heteroatoms. The zero-order chi connectivity index (χ0) is 14.8. The van der Waals surface area contributed by atoms with E-state index >= 15 is 0 Å². The summed E-state index contributed by atoms with van der Waals surface area (Å²) < 4.78 is 2.72. The standard InChI is InChI=1S/C14H15N5OS/c1-9-4-6-19(18-9)7-5-13(20)17-14-16-11-3-2-10(15)8-12(11)21-14/h2-4,6,8H,5,7,15H2,1H3,(H,16,17,20). The Morgan fingerprint density at radius 3 is 3.05 bits per heavy atom. The number of rotatable bonds is 4. The van der Waals surface area contributed by atoms with Gasteiger partial charge in [0.25, 0.3) is 0 Å². The van der Waals surface area contributed by atoms with Crippen LogP contribution in [0.4, 0.5) is 10.8 Å². The molecule has 0 atom stereocenters. The van der Waals surface area contributed by atoms with Gasteiger partial charge in [-0.15, -0.1) is 0 Å². The van der Waals surface area contributed by atoms with Crippen LogP contribution in [0, 0.1) is 6.92 Å². The molecule has 3 N–H and O–H groups in total. The molecule has 0 aliphatic heterocycles. The fraction of sp³-hybridized carbons (Fsp3) is 0.214. The highest BCUT2D eigenvalue weighted by Crippen LogP contribution is 2.27. The molecular formula is C14H15N5OS. The first-order valence-electron chi connectivity index (χ1n) is 6.56. The van der Waals surface area contributed by atoms with Gasteiger partial charge in [-0.25, -0.2) is 4.98 Å². The minimum Gasteiger partial charge on any atom is -0.399 e. The first-order chi connectivity index (χ1) is 10.1. The molecule has 3 aromatic rings. The fourth-order valence-electron chi connectivity index (χ4n) is 1.98. The highest BCUT2D eigenvalue weighted by Gasteiger charge is 2.08. The average Bonchev–Trinajstić information content (AvgIpc) is 3.01. The summed E-state index contributed by atoms with van der Waals surface area (Å²) in [6, 6.07) is 7.42. The second kappa shape index (κ2) is 5.53. The summed E-state index contributed by atoms with van der Waals surface area (Å²) in [4.78, 5) is 16.3. The third-order valence-electron chi connectivity index (χ3n) is 3.00. The Bertz CT molecular complexity index is 792. The van der Waals surface area contributed by atoms with E-state index in [-0.39, 0.29) is 5.91 Å². The Hall–Kier alpha value is -2.41. The summed E-state index contributed by atoms with van der Waals surface area (Å²) in [5.41, 5.74) is 8.21. The topological polar surface area (TPSA) is 85.8 Å². The summed E-state index contributed by atoms with van der Waals surface area (Å²) in [5.74, 6) is -0.0739. The fourth-order valence-corrected chi connectivity index (χ4v) is 2.91. The van der Waals surface area contributed by atoms with Crippen molar-refractivity contribution in [1.29, 1.82) is 0 Å². The van der Waals surface area contributed by atoms with Gasteiger partial charge in [0.1, 0.15) is 0 Å². The number of anilines is 2. The van der Waals surface area contributed by atoms with E-state index in [4.69, 9.17) is 5.73 Å². The number of aromatic nitrogens is 3. The first kappa shape index (κ1) is 13.6. The zero-order valence-electron chi connectivity index (χ0n) is 11.5. The molecule has 0 aliphatic rings. The van der Waals surface area contributed by atoms with E-state index in [1.54, 1.807) is 10.7 Å². The Morgan fingerprint density at radius 2 is 2.29 bits per heavy atom. The van der Waals surface area contributed by atoms with Gasteiger partial charge in [0.05, 0.1) is 15.9 Å². The second-order valence-electron chi connectivity index (χ2n) is 4.76. The number of nitrogen functional groups attached to an aromatic ring is 1. The smallest absolute Gasteiger partial charge is 0.228 e. The van der Waals surface area contributed by atoms with E-state index in [1.165, 1.54) is 11.3 Å². The molecule has 0 fully saturated rings. The molecule has 0 bridgehead atoms. The van der Waals surface area contributed by atoms with Gasteiger partial charge >= 0.3 is 0 Å². The van der Waals surface area contributed by atoms with Crippen molar-refractivity contribution in [2.45, 2.75) is 19.9 Å². The number of benzene rings is 1. The number of nitrogens with one attached hydrogen (secondary N) is 1. The predicted octanol–water partition coefficient (Wildman–Crippen LogP) is 2.41. The van der Waals surface area contributed by atoms with Crippen molar-refractivity contribution in [1.82, 2.24) is 14.8 Å². The summed E-state index contributed by atoms with van der Waals surface area (Å²) in [7, 11) is 0. The van der Waals surface area contributed by atoms with Crippen molar-refractivity contribution in [3.63, 3.8) is 0 Å². The SMILES string of the molecule is Cc1ccn(CCC(=O)Nc2nc3ccc(N)cc3s2)n1. The number of aryl methyl sites for hydroxylation is 2. The van der Waals surface area contributed by atoms with Crippen LogP contribution in [0.2, 0.25) is 0 Å². The third kappa shape index (κ3) is 3.19. The lowest BCUT2D eigenvalue weighted by molar-refractivity contribution is -0.116. The maximum absolute atomic E-state index is 11.9. The normalized spacial score (nSPS) is 10.9. The minimum atomic E-state index is -0.0739. The number of carbonyl (C=O) groups excluding carboxylic acids is 1. The minimum absolute atomic E-state index is 0.0739. The first-order valence-corrected chi connectivity index (χ1v) is 7.38. The number of nitrogens with two attached hydrogens (primary N) is 1. The Kier molecular flexibility index (Phi) is 3.57. The van der Waals surface area contributed by atoms with E-state index in [0.29, 0.717) is 23.8 Å². The van der Waals surface area contributed by atoms with Crippen LogP contribution in [0.1, 0.15) is 12.1 Å². The van der Waals surface area contributed by atoms with Crippen molar-refractivity contribution in [3.05, 3.63) is 36.2 Å². The average molecular weight is 301 g/mol. The molecule has 0 saturated carbocycles. The number of thiazole rings is 1. The molecule has 108 valence electrons. The van der Waals surface area contributed by atoms with E-state index in [9.17, 15) is 4.79 Å². The highest BCUT2D eigenvalue weighted by molar-refractivity contribution is 7.22. The van der Waals surface area contributed by atoms with Crippen LogP contribution in [-0.2, 0) is 11.3 Å². The number of amides is 1. The van der Waals surface area contributed by atoms with Gasteiger partial charge in [0.15, 0.2) is 5.13 Å². The second-order valence-corrected chi connectivity index (χ2v) is 5.80. The molecule has 2 heterocycles. The summed E-state index contributed by atoms with van der Waals surface area (Å²) in [6.07, 6.45) is 2.22. The maximum Gasteiger partial charge on any atom is 0.228 e. The van der Waals surface area contributed by atoms with Crippen molar-refractivity contribution >= 4 is 38.3 Å². The molecule has 0 saturated heterocycles. The summed E-state index contributed by atoms with van der Waals surface area (Å²) in [6.45, 7) is 2.47. The molecule has 21 heavy (non-hydrogen) atoms. The lowest BCUT2D eigenvalue weighted by Crippen LogP contribution is -2.14. The molecule has 1 amide bonds. The van der Waals surface area contributed by atoms with Crippen molar-refractivity contribution in [2.24, 2.45) is 0 Å². The van der Waals surface area contributed by atoms with Crippen LogP contribution >= 0.6 is 11.3 Å². The largest absolute Gasteiger partial charge is 0.399 e. The summed E-state index contributed by atoms with van der Waals surface area (Å²) >= 11 is 1.42. The van der Waals surface area contributed by atoms with Crippen LogP contribution in [0.25, 0.3) is 10.2 Å². The van der Waals surface area contributed by atoms with Crippen molar-refractivity contribution in [3.8, 4) is 0 Å². The molecule has 0 radical (unpaired) electrons. The Labute approximate surface area is 125 Å². The lowest BCUT2D eigenvalue weighted by Gasteiger charge is -2.01. The Morgan fingerprint density at radius 1 is 1.43 bits per heavy atom. The Balaban J connectivity index is 1.63. The van der Waals surface area contributed by atoms with Crippen LogP contribution in [0.5, 0.6) is 0 Å². The number of carbonyl (C=O) groups is 1. The monoisotopic (exact) mass is 301 g/mol. The van der Waals surface area contributed by atoms with Gasteiger partial charge in [-0.05, 0) is 31.2 Å². The molecular weight excluding hydrogens is 286 g/mol. The van der Waals surface area contributed by atoms with Crippen LogP contribution in [0.15, 0.2) is 30.5 Å². The van der Waals surface area contributed by atoms with Crippen LogP contribution in [0.3, 0.4) is 0 Å². The number of hydrogen-bond donors (Lipinski definition) is 2. The molecule has 0 aliphatic carbocycles. The van der Waals surface area contributed by atoms with Crippen molar-refractivity contribution < 1.29 is 4.79 Å². The van der Waals surface area contributed by atoms with Gasteiger partial charge in [0, 0.05) is 24.8 Å². The zero-order valence-corrected chi connectivity index (χ0v) is 12.4. The lowest BCUT2D eigenvalue weighted by atomic mass is 10.3. The van der Waals surface area contributed by atoms with E-state index in [2.05, 4.69) is 15.4 Å². The number of fused-ring (bicyclic) bond motifs is 1. The van der Waals surface area contributed by atoms with Crippen LogP contribution in [-0.4, -0.2) is 20.7 Å². The van der Waals surface area contributed by atoms with Gasteiger partial charge < -0.3 is 11.1 Å². The third-order valence-corrected chi connectivity index (χ3v) is 3.93. The van der Waals surface area contributed by atoms with Gasteiger partial charge in [-0.3, -0.25) is 9.48 Å². The van der Waals surface area contributed by atoms with E-state index in [1.807, 2.05) is 31.3 Å². The van der Waals surface area contributed by atoms with Gasteiger partial charge in [-0.2, -0.15) is 5.10 Å². The van der Waals surface area contributed by atoms with Gasteiger partial charge in [-0.1, -0.05) is 11.3 Å². The molecule has 0 spiro atoms. The van der Waals surface area contributed by atoms with Gasteiger partial charge in [0.2, 0.25) is 5.91 Å². The predicted molar refractivity (Wildman–Crippen MR) is 84.2 cm³/mol. The maximum atomic E-state index is 11.9. The highest BCUT2D eigenvalue weighted by atomic mass is 32.1. The molecule has 6 nitrogen and oxygen atoms in total. The van der Waals surface area contributed by atoms with E-state index < -0.39 is 0 Å².